The van der Waals surface area contributed by atoms with Crippen LogP contribution in [0.2, 0.25) is 0 Å². The second-order valence-electron chi connectivity index (χ2n) is 6.54. The van der Waals surface area contributed by atoms with Crippen LogP contribution in [0.3, 0.4) is 0 Å². The Morgan fingerprint density at radius 2 is 2.15 bits per heavy atom. The summed E-state index contributed by atoms with van der Waals surface area (Å²) >= 11 is 0. The van der Waals surface area contributed by atoms with Crippen molar-refractivity contribution in [3.63, 3.8) is 0 Å². The molecule has 26 heavy (non-hydrogen) atoms. The topological polar surface area (TPSA) is 72.3 Å². The van der Waals surface area contributed by atoms with E-state index in [1.807, 2.05) is 37.5 Å². The molecule has 4 aromatic heterocycles. The first kappa shape index (κ1) is 15.2. The van der Waals surface area contributed by atoms with Gasteiger partial charge in [0.05, 0.1) is 23.3 Å². The molecule has 5 heterocycles. The molecule has 1 aliphatic rings. The molecule has 0 spiro atoms. The Bertz CT molecular complexity index is 1070. The molecule has 5 rings (SSSR count). The Hall–Kier alpha value is -3.06. The van der Waals surface area contributed by atoms with Gasteiger partial charge in [0.2, 0.25) is 5.78 Å². The zero-order chi connectivity index (χ0) is 17.5. The monoisotopic (exact) mass is 346 g/mol. The number of rotatable bonds is 3. The van der Waals surface area contributed by atoms with Gasteiger partial charge in [-0.05, 0) is 25.1 Å². The molecule has 0 unspecified atom stereocenters. The smallest absolute Gasteiger partial charge is 0.234 e. The van der Waals surface area contributed by atoms with E-state index < -0.39 is 0 Å². The summed E-state index contributed by atoms with van der Waals surface area (Å²) in [6.07, 6.45) is 8.27. The predicted octanol–water partition coefficient (Wildman–Crippen LogP) is 2.65. The van der Waals surface area contributed by atoms with Crippen molar-refractivity contribution >= 4 is 5.78 Å². The fraction of sp³-hybridized carbons (Fsp3) is 0.263. The Morgan fingerprint density at radius 1 is 1.19 bits per heavy atom. The molecule has 0 radical (unpaired) electrons. The van der Waals surface area contributed by atoms with Gasteiger partial charge < -0.3 is 4.42 Å². The summed E-state index contributed by atoms with van der Waals surface area (Å²) in [5, 5.41) is 0. The van der Waals surface area contributed by atoms with Gasteiger partial charge in [-0.2, -0.15) is 0 Å². The van der Waals surface area contributed by atoms with Crippen LogP contribution < -0.4 is 0 Å². The van der Waals surface area contributed by atoms with Gasteiger partial charge in [0, 0.05) is 50.2 Å². The van der Waals surface area contributed by atoms with Gasteiger partial charge in [-0.25, -0.2) is 19.9 Å². The zero-order valence-electron chi connectivity index (χ0n) is 14.5. The summed E-state index contributed by atoms with van der Waals surface area (Å²) in [6, 6.07) is 5.68. The largest absolute Gasteiger partial charge is 0.461 e. The third kappa shape index (κ3) is 2.57. The van der Waals surface area contributed by atoms with Gasteiger partial charge in [-0.3, -0.25) is 9.30 Å². The molecule has 0 bridgehead atoms. The highest BCUT2D eigenvalue weighted by Gasteiger charge is 2.21. The van der Waals surface area contributed by atoms with E-state index >= 15 is 0 Å². The van der Waals surface area contributed by atoms with Gasteiger partial charge in [0.15, 0.2) is 11.6 Å². The number of hydrogen-bond acceptors (Lipinski definition) is 6. The highest BCUT2D eigenvalue weighted by atomic mass is 16.3. The van der Waals surface area contributed by atoms with E-state index in [9.17, 15) is 0 Å². The van der Waals surface area contributed by atoms with Crippen molar-refractivity contribution < 1.29 is 4.42 Å². The number of aromatic nitrogens is 5. The Labute approximate surface area is 150 Å². The Kier molecular flexibility index (Phi) is 3.53. The van der Waals surface area contributed by atoms with E-state index in [4.69, 9.17) is 9.40 Å². The molecule has 0 saturated heterocycles. The van der Waals surface area contributed by atoms with Crippen LogP contribution in [-0.2, 0) is 19.5 Å². The molecule has 7 nitrogen and oxygen atoms in total. The highest BCUT2D eigenvalue weighted by molar-refractivity contribution is 5.47. The SMILES string of the molecule is Cc1nc2ncccn2c1CN1CCc2nc(-c3ccco3)ncc2C1. The van der Waals surface area contributed by atoms with Crippen molar-refractivity contribution in [3.05, 3.63) is 65.7 Å². The van der Waals surface area contributed by atoms with Crippen molar-refractivity contribution in [1.29, 1.82) is 0 Å². The second kappa shape index (κ2) is 6.03. The summed E-state index contributed by atoms with van der Waals surface area (Å²) in [6.45, 7) is 4.66. The molecule has 0 saturated carbocycles. The van der Waals surface area contributed by atoms with Crippen molar-refractivity contribution in [1.82, 2.24) is 29.2 Å². The molecular weight excluding hydrogens is 328 g/mol. The van der Waals surface area contributed by atoms with E-state index in [0.717, 1.165) is 43.2 Å². The number of imidazole rings is 1. The third-order valence-corrected chi connectivity index (χ3v) is 4.83. The van der Waals surface area contributed by atoms with E-state index in [1.54, 1.807) is 12.5 Å². The highest BCUT2D eigenvalue weighted by Crippen LogP contribution is 2.23. The van der Waals surface area contributed by atoms with E-state index in [0.29, 0.717) is 11.6 Å². The third-order valence-electron chi connectivity index (χ3n) is 4.83. The molecular formula is C19H18N6O. The summed E-state index contributed by atoms with van der Waals surface area (Å²) in [5.74, 6) is 2.12. The zero-order valence-corrected chi connectivity index (χ0v) is 14.5. The first-order valence-corrected chi connectivity index (χ1v) is 8.67. The lowest BCUT2D eigenvalue weighted by Gasteiger charge is -2.27. The molecule has 1 aliphatic heterocycles. The first-order valence-electron chi connectivity index (χ1n) is 8.67. The fourth-order valence-corrected chi connectivity index (χ4v) is 3.48. The fourth-order valence-electron chi connectivity index (χ4n) is 3.48. The van der Waals surface area contributed by atoms with Crippen molar-refractivity contribution in [2.45, 2.75) is 26.4 Å². The standard InChI is InChI=1S/C19H18N6O/c1-13-16(25-7-3-6-20-19(25)22-13)12-24-8-5-15-14(11-24)10-21-18(23-15)17-4-2-9-26-17/h2-4,6-7,9-10H,5,8,11-12H2,1H3. The minimum atomic E-state index is 0.658. The first-order chi connectivity index (χ1) is 12.8. The van der Waals surface area contributed by atoms with E-state index in [1.165, 1.54) is 11.3 Å². The second-order valence-corrected chi connectivity index (χ2v) is 6.54. The average Bonchev–Trinajstić information content (AvgIpc) is 3.30. The molecule has 0 atom stereocenters. The van der Waals surface area contributed by atoms with Crippen LogP contribution in [0.25, 0.3) is 17.4 Å². The van der Waals surface area contributed by atoms with Crippen LogP contribution in [0, 0.1) is 6.92 Å². The lowest BCUT2D eigenvalue weighted by molar-refractivity contribution is 0.239. The number of nitrogens with zero attached hydrogens (tertiary/aromatic N) is 6. The van der Waals surface area contributed by atoms with Crippen LogP contribution in [0.1, 0.15) is 22.6 Å². The number of fused-ring (bicyclic) bond motifs is 2. The summed E-state index contributed by atoms with van der Waals surface area (Å²) in [7, 11) is 0. The normalized spacial score (nSPS) is 14.7. The Morgan fingerprint density at radius 3 is 3.04 bits per heavy atom. The minimum Gasteiger partial charge on any atom is -0.461 e. The molecule has 0 fully saturated rings. The lowest BCUT2D eigenvalue weighted by atomic mass is 10.1. The maximum absolute atomic E-state index is 5.40. The molecule has 0 aliphatic carbocycles. The quantitative estimate of drug-likeness (QED) is 0.568. The minimum absolute atomic E-state index is 0.658. The number of furan rings is 1. The summed E-state index contributed by atoms with van der Waals surface area (Å²) in [5.41, 5.74) is 4.50. The molecule has 130 valence electrons. The molecule has 0 N–H and O–H groups in total. The van der Waals surface area contributed by atoms with Gasteiger partial charge in [-0.15, -0.1) is 0 Å². The van der Waals surface area contributed by atoms with Gasteiger partial charge in [-0.1, -0.05) is 0 Å². The maximum Gasteiger partial charge on any atom is 0.234 e. The van der Waals surface area contributed by atoms with Crippen LogP contribution in [0.15, 0.2) is 47.5 Å². The van der Waals surface area contributed by atoms with Crippen LogP contribution in [0.5, 0.6) is 0 Å². The molecule has 4 aromatic rings. The number of hydrogen-bond donors (Lipinski definition) is 0. The van der Waals surface area contributed by atoms with Crippen molar-refractivity contribution in [2.24, 2.45) is 0 Å². The van der Waals surface area contributed by atoms with Gasteiger partial charge in [0.1, 0.15) is 0 Å². The average molecular weight is 346 g/mol. The van der Waals surface area contributed by atoms with Crippen LogP contribution in [0.4, 0.5) is 0 Å². The number of aryl methyl sites for hydroxylation is 1. The van der Waals surface area contributed by atoms with Crippen molar-refractivity contribution in [2.75, 3.05) is 6.54 Å². The molecule has 0 amide bonds. The van der Waals surface area contributed by atoms with Crippen LogP contribution >= 0.6 is 0 Å². The molecule has 7 heteroatoms. The van der Waals surface area contributed by atoms with Crippen LogP contribution in [-0.4, -0.2) is 35.8 Å². The van der Waals surface area contributed by atoms with E-state index in [-0.39, 0.29) is 0 Å². The van der Waals surface area contributed by atoms with Gasteiger partial charge >= 0.3 is 0 Å². The van der Waals surface area contributed by atoms with E-state index in [2.05, 4.69) is 24.3 Å². The predicted molar refractivity (Wildman–Crippen MR) is 95.3 cm³/mol. The Balaban J connectivity index is 1.40. The lowest BCUT2D eigenvalue weighted by Crippen LogP contribution is -2.31. The van der Waals surface area contributed by atoms with Gasteiger partial charge in [0.25, 0.3) is 0 Å². The summed E-state index contributed by atoms with van der Waals surface area (Å²) in [4.78, 5) is 20.5. The maximum atomic E-state index is 5.40. The summed E-state index contributed by atoms with van der Waals surface area (Å²) < 4.78 is 7.48. The van der Waals surface area contributed by atoms with Crippen molar-refractivity contribution in [3.8, 4) is 11.6 Å². The molecule has 0 aromatic carbocycles.